The van der Waals surface area contributed by atoms with Gasteiger partial charge in [-0.25, -0.2) is 4.39 Å². The lowest BCUT2D eigenvalue weighted by atomic mass is 10.8. The zero-order chi connectivity index (χ0) is 5.54. The van der Waals surface area contributed by atoms with Crippen molar-refractivity contribution in [1.29, 1.82) is 0 Å². The highest BCUT2D eigenvalue weighted by Crippen LogP contribution is 1.95. The van der Waals surface area contributed by atoms with Gasteiger partial charge in [-0.3, -0.25) is 0 Å². The van der Waals surface area contributed by atoms with Gasteiger partial charge < -0.3 is 5.32 Å². The molecule has 3 heteroatoms. The zero-order valence-electron chi connectivity index (χ0n) is 4.41. The van der Waals surface area contributed by atoms with E-state index in [-0.39, 0.29) is 6.01 Å². The quantitative estimate of drug-likeness (QED) is 0.557. The van der Waals surface area contributed by atoms with Crippen LogP contribution in [0.15, 0.2) is 0 Å². The van der Waals surface area contributed by atoms with Gasteiger partial charge >= 0.3 is 0 Å². The van der Waals surface area contributed by atoms with Crippen LogP contribution in [0.5, 0.6) is 0 Å². The number of hydrogen-bond acceptors (Lipinski definition) is 2. The fraction of sp³-hybridized carbons (Fsp3) is 1.00. The number of hydrogen-bond donors (Lipinski definition) is 1. The molecule has 1 N–H and O–H groups in total. The van der Waals surface area contributed by atoms with E-state index < -0.39 is 0 Å². The summed E-state index contributed by atoms with van der Waals surface area (Å²) in [5, 5.41) is 2.92. The second kappa shape index (κ2) is 6.24. The Hall–Kier alpha value is 0.240. The highest BCUT2D eigenvalue weighted by atomic mass is 32.2. The Morgan fingerprint density at radius 3 is 2.86 bits per heavy atom. The topological polar surface area (TPSA) is 12.0 Å². The van der Waals surface area contributed by atoms with E-state index in [0.717, 1.165) is 12.3 Å². The van der Waals surface area contributed by atoms with Crippen molar-refractivity contribution in [3.63, 3.8) is 0 Å². The summed E-state index contributed by atoms with van der Waals surface area (Å²) in [4.78, 5) is 0. The third-order valence-corrected chi connectivity index (χ3v) is 1.22. The van der Waals surface area contributed by atoms with Gasteiger partial charge in [0.15, 0.2) is 0 Å². The molecule has 0 unspecified atom stereocenters. The average Bonchev–Trinajstić information content (AvgIpc) is 1.69. The van der Waals surface area contributed by atoms with Crippen LogP contribution in [0.4, 0.5) is 4.39 Å². The van der Waals surface area contributed by atoms with Gasteiger partial charge in [-0.2, -0.15) is 0 Å². The standard InChI is InChI=1S/C4H10FNS/c1-6-2-3-7-4-5/h6H,2-4H2,1H3. The van der Waals surface area contributed by atoms with Gasteiger partial charge in [0.1, 0.15) is 6.01 Å². The van der Waals surface area contributed by atoms with Gasteiger partial charge in [0.05, 0.1) is 0 Å². The van der Waals surface area contributed by atoms with Crippen molar-refractivity contribution in [1.82, 2.24) is 5.32 Å². The highest BCUT2D eigenvalue weighted by Gasteiger charge is 1.80. The highest BCUT2D eigenvalue weighted by molar-refractivity contribution is 7.99. The minimum Gasteiger partial charge on any atom is -0.319 e. The van der Waals surface area contributed by atoms with Gasteiger partial charge in [0.25, 0.3) is 0 Å². The molecule has 0 aliphatic carbocycles. The van der Waals surface area contributed by atoms with Gasteiger partial charge in [0, 0.05) is 12.3 Å². The molecule has 0 aliphatic rings. The molecule has 0 spiro atoms. The summed E-state index contributed by atoms with van der Waals surface area (Å²) in [6, 6.07) is -0.262. The van der Waals surface area contributed by atoms with Gasteiger partial charge in [-0.05, 0) is 7.05 Å². The number of thioether (sulfide) groups is 1. The fourth-order valence-electron chi connectivity index (χ4n) is 0.229. The van der Waals surface area contributed by atoms with Crippen LogP contribution in [0.3, 0.4) is 0 Å². The fourth-order valence-corrected chi connectivity index (χ4v) is 0.686. The Kier molecular flexibility index (Phi) is 6.45. The SMILES string of the molecule is CNCCSCF. The maximum atomic E-state index is 11.3. The van der Waals surface area contributed by atoms with E-state index in [1.165, 1.54) is 11.8 Å². The predicted octanol–water partition coefficient (Wildman–Crippen LogP) is 0.866. The maximum absolute atomic E-state index is 11.3. The maximum Gasteiger partial charge on any atom is 0.135 e. The van der Waals surface area contributed by atoms with Gasteiger partial charge in [-0.1, -0.05) is 0 Å². The Morgan fingerprint density at radius 2 is 2.43 bits per heavy atom. The van der Waals surface area contributed by atoms with Gasteiger partial charge in [0.2, 0.25) is 0 Å². The lowest BCUT2D eigenvalue weighted by Gasteiger charge is -1.91. The molecule has 0 aromatic carbocycles. The minimum atomic E-state index is -0.262. The van der Waals surface area contributed by atoms with E-state index in [4.69, 9.17) is 0 Å². The molecule has 0 aromatic rings. The first kappa shape index (κ1) is 7.24. The lowest BCUT2D eigenvalue weighted by Crippen LogP contribution is -2.09. The Balaban J connectivity index is 2.45. The number of halogens is 1. The monoisotopic (exact) mass is 123 g/mol. The van der Waals surface area contributed by atoms with Crippen molar-refractivity contribution < 1.29 is 4.39 Å². The summed E-state index contributed by atoms with van der Waals surface area (Å²) in [5.41, 5.74) is 0. The molecule has 0 aliphatic heterocycles. The third-order valence-electron chi connectivity index (χ3n) is 0.574. The molecule has 0 atom stereocenters. The Bertz CT molecular complexity index is 30.9. The minimum absolute atomic E-state index is 0.262. The summed E-state index contributed by atoms with van der Waals surface area (Å²) in [7, 11) is 1.86. The van der Waals surface area contributed by atoms with Crippen molar-refractivity contribution in [2.24, 2.45) is 0 Å². The molecule has 0 saturated heterocycles. The van der Waals surface area contributed by atoms with Crippen LogP contribution in [0.1, 0.15) is 0 Å². The summed E-state index contributed by atoms with van der Waals surface area (Å²) < 4.78 is 11.3. The number of nitrogens with one attached hydrogen (secondary N) is 1. The Labute approximate surface area is 47.7 Å². The summed E-state index contributed by atoms with van der Waals surface area (Å²) in [6.45, 7) is 0.897. The molecule has 0 bridgehead atoms. The van der Waals surface area contributed by atoms with E-state index in [0.29, 0.717) is 0 Å². The molecule has 0 amide bonds. The Morgan fingerprint density at radius 1 is 1.71 bits per heavy atom. The molecule has 0 aromatic heterocycles. The smallest absolute Gasteiger partial charge is 0.135 e. The van der Waals surface area contributed by atoms with Crippen LogP contribution in [-0.4, -0.2) is 25.4 Å². The van der Waals surface area contributed by atoms with E-state index in [1.807, 2.05) is 7.05 Å². The summed E-state index contributed by atoms with van der Waals surface area (Å²) >= 11 is 1.30. The predicted molar refractivity (Wildman–Crippen MR) is 32.4 cm³/mol. The van der Waals surface area contributed by atoms with Crippen molar-refractivity contribution in [3.05, 3.63) is 0 Å². The molecule has 0 heterocycles. The molecular weight excluding hydrogens is 113 g/mol. The molecule has 7 heavy (non-hydrogen) atoms. The largest absolute Gasteiger partial charge is 0.319 e. The van der Waals surface area contributed by atoms with Crippen LogP contribution in [0.2, 0.25) is 0 Å². The van der Waals surface area contributed by atoms with Gasteiger partial charge in [-0.15, -0.1) is 11.8 Å². The second-order valence-electron chi connectivity index (χ2n) is 1.12. The van der Waals surface area contributed by atoms with Crippen molar-refractivity contribution in [3.8, 4) is 0 Å². The third kappa shape index (κ3) is 6.24. The van der Waals surface area contributed by atoms with E-state index >= 15 is 0 Å². The molecular formula is C4H10FNS. The molecule has 0 rings (SSSR count). The van der Waals surface area contributed by atoms with E-state index in [1.54, 1.807) is 0 Å². The zero-order valence-corrected chi connectivity index (χ0v) is 5.22. The average molecular weight is 123 g/mol. The molecule has 0 fully saturated rings. The normalized spacial score (nSPS) is 9.43. The van der Waals surface area contributed by atoms with E-state index in [2.05, 4.69) is 5.32 Å². The van der Waals surface area contributed by atoms with Crippen molar-refractivity contribution in [2.75, 3.05) is 25.4 Å². The molecule has 0 saturated carbocycles. The van der Waals surface area contributed by atoms with Crippen LogP contribution in [0, 0.1) is 0 Å². The first-order valence-electron chi connectivity index (χ1n) is 2.20. The molecule has 44 valence electrons. The molecule has 1 nitrogen and oxygen atoms in total. The lowest BCUT2D eigenvalue weighted by molar-refractivity contribution is 0.605. The first-order valence-corrected chi connectivity index (χ1v) is 3.35. The second-order valence-corrected chi connectivity index (χ2v) is 2.16. The van der Waals surface area contributed by atoms with Crippen LogP contribution in [0.25, 0.3) is 0 Å². The van der Waals surface area contributed by atoms with Crippen LogP contribution in [-0.2, 0) is 0 Å². The summed E-state index contributed by atoms with van der Waals surface area (Å²) in [5.74, 6) is 0.868. The number of alkyl halides is 1. The van der Waals surface area contributed by atoms with Crippen molar-refractivity contribution in [2.45, 2.75) is 0 Å². The van der Waals surface area contributed by atoms with Crippen molar-refractivity contribution >= 4 is 11.8 Å². The summed E-state index contributed by atoms with van der Waals surface area (Å²) in [6.07, 6.45) is 0. The van der Waals surface area contributed by atoms with E-state index in [9.17, 15) is 4.39 Å². The van der Waals surface area contributed by atoms with Crippen LogP contribution < -0.4 is 5.32 Å². The van der Waals surface area contributed by atoms with Crippen LogP contribution >= 0.6 is 11.8 Å². The number of rotatable bonds is 4. The first-order chi connectivity index (χ1) is 3.41. The molecule has 0 radical (unpaired) electrons.